The molecular formula is C13H12F4N2O. The number of aliphatic hydroxyl groups is 1. The molecule has 2 aromatic rings. The van der Waals surface area contributed by atoms with Crippen LogP contribution < -0.4 is 0 Å². The van der Waals surface area contributed by atoms with Gasteiger partial charge in [0.05, 0.1) is 11.0 Å². The van der Waals surface area contributed by atoms with Gasteiger partial charge in [-0.05, 0) is 31.0 Å². The standard InChI is InChI=1S/C13H12F4N2O/c14-7-1-4-9-10(5-7)19(8-2-3-8)12(18-9)6-11(20)13(15,16)17/h1,4-5,8,11,20H,2-3,6H2. The first-order chi connectivity index (χ1) is 9.36. The Morgan fingerprint density at radius 2 is 2.05 bits per heavy atom. The van der Waals surface area contributed by atoms with Crippen LogP contribution in [0.2, 0.25) is 0 Å². The van der Waals surface area contributed by atoms with Crippen molar-refractivity contribution in [2.45, 2.75) is 37.6 Å². The van der Waals surface area contributed by atoms with Crippen molar-refractivity contribution in [3.05, 3.63) is 29.8 Å². The average molecular weight is 288 g/mol. The van der Waals surface area contributed by atoms with Gasteiger partial charge in [0.2, 0.25) is 0 Å². The van der Waals surface area contributed by atoms with Crippen LogP contribution in [-0.4, -0.2) is 26.9 Å². The van der Waals surface area contributed by atoms with Crippen molar-refractivity contribution in [2.24, 2.45) is 0 Å². The lowest BCUT2D eigenvalue weighted by molar-refractivity contribution is -0.203. The number of imidazole rings is 1. The summed E-state index contributed by atoms with van der Waals surface area (Å²) in [4.78, 5) is 4.10. The summed E-state index contributed by atoms with van der Waals surface area (Å²) in [5.41, 5.74) is 0.930. The van der Waals surface area contributed by atoms with E-state index in [1.54, 1.807) is 4.57 Å². The number of benzene rings is 1. The predicted molar refractivity (Wildman–Crippen MR) is 63.7 cm³/mol. The Morgan fingerprint density at radius 3 is 2.65 bits per heavy atom. The lowest BCUT2D eigenvalue weighted by Gasteiger charge is -2.15. The summed E-state index contributed by atoms with van der Waals surface area (Å²) in [6, 6.07) is 3.98. The van der Waals surface area contributed by atoms with E-state index in [2.05, 4.69) is 4.98 Å². The molecule has 0 bridgehead atoms. The second kappa shape index (κ2) is 4.44. The Kier molecular flexibility index (Phi) is 2.97. The molecule has 3 rings (SSSR count). The van der Waals surface area contributed by atoms with Gasteiger partial charge in [-0.2, -0.15) is 13.2 Å². The molecule has 1 aliphatic carbocycles. The minimum absolute atomic E-state index is 0.0530. The van der Waals surface area contributed by atoms with Crippen molar-refractivity contribution in [3.8, 4) is 0 Å². The predicted octanol–water partition coefficient (Wildman–Crippen LogP) is 2.98. The van der Waals surface area contributed by atoms with E-state index in [4.69, 9.17) is 0 Å². The van der Waals surface area contributed by atoms with Gasteiger partial charge in [0.1, 0.15) is 11.6 Å². The molecule has 1 unspecified atom stereocenters. The number of halogens is 4. The van der Waals surface area contributed by atoms with Crippen molar-refractivity contribution >= 4 is 11.0 Å². The van der Waals surface area contributed by atoms with Crippen LogP contribution in [0.25, 0.3) is 11.0 Å². The quantitative estimate of drug-likeness (QED) is 0.882. The maximum Gasteiger partial charge on any atom is 0.414 e. The van der Waals surface area contributed by atoms with Crippen LogP contribution in [0.15, 0.2) is 18.2 Å². The molecule has 7 heteroatoms. The second-order valence-electron chi connectivity index (χ2n) is 5.02. The Bertz CT molecular complexity index is 646. The average Bonchev–Trinajstić information content (AvgIpc) is 3.11. The van der Waals surface area contributed by atoms with E-state index in [0.717, 1.165) is 12.8 Å². The van der Waals surface area contributed by atoms with Crippen LogP contribution in [0, 0.1) is 5.82 Å². The van der Waals surface area contributed by atoms with Gasteiger partial charge in [-0.1, -0.05) is 0 Å². The van der Waals surface area contributed by atoms with Gasteiger partial charge in [-0.3, -0.25) is 0 Å². The number of rotatable bonds is 3. The molecule has 0 spiro atoms. The van der Waals surface area contributed by atoms with Gasteiger partial charge >= 0.3 is 6.18 Å². The first kappa shape index (κ1) is 13.4. The fourth-order valence-electron chi connectivity index (χ4n) is 2.29. The number of fused-ring (bicyclic) bond motifs is 1. The topological polar surface area (TPSA) is 38.1 Å². The Hall–Kier alpha value is -1.63. The lowest BCUT2D eigenvalue weighted by Crippen LogP contribution is -2.31. The fourth-order valence-corrected chi connectivity index (χ4v) is 2.29. The maximum atomic E-state index is 13.3. The molecule has 0 radical (unpaired) electrons. The lowest BCUT2D eigenvalue weighted by atomic mass is 10.2. The fraction of sp³-hybridized carbons (Fsp3) is 0.462. The van der Waals surface area contributed by atoms with Crippen molar-refractivity contribution in [2.75, 3.05) is 0 Å². The zero-order chi connectivity index (χ0) is 14.5. The minimum atomic E-state index is -4.68. The van der Waals surface area contributed by atoms with Crippen molar-refractivity contribution < 1.29 is 22.7 Å². The zero-order valence-electron chi connectivity index (χ0n) is 10.4. The molecule has 1 aromatic carbocycles. The van der Waals surface area contributed by atoms with Crippen LogP contribution >= 0.6 is 0 Å². The maximum absolute atomic E-state index is 13.3. The summed E-state index contributed by atoms with van der Waals surface area (Å²) < 4.78 is 52.3. The molecule has 0 amide bonds. The Labute approximate surface area is 111 Å². The third-order valence-corrected chi connectivity index (χ3v) is 3.39. The van der Waals surface area contributed by atoms with Crippen LogP contribution in [0.3, 0.4) is 0 Å². The van der Waals surface area contributed by atoms with Crippen LogP contribution in [0.1, 0.15) is 24.7 Å². The zero-order valence-corrected chi connectivity index (χ0v) is 10.4. The monoisotopic (exact) mass is 288 g/mol. The largest absolute Gasteiger partial charge is 0.414 e. The van der Waals surface area contributed by atoms with E-state index in [9.17, 15) is 22.7 Å². The minimum Gasteiger partial charge on any atom is -0.383 e. The Morgan fingerprint density at radius 1 is 1.35 bits per heavy atom. The molecule has 1 N–H and O–H groups in total. The highest BCUT2D eigenvalue weighted by molar-refractivity contribution is 5.76. The summed E-state index contributed by atoms with van der Waals surface area (Å²) >= 11 is 0. The first-order valence-corrected chi connectivity index (χ1v) is 6.27. The summed E-state index contributed by atoms with van der Waals surface area (Å²) in [5, 5.41) is 9.19. The summed E-state index contributed by atoms with van der Waals surface area (Å²) in [6.45, 7) is 0. The molecule has 1 atom stereocenters. The second-order valence-corrected chi connectivity index (χ2v) is 5.02. The van der Waals surface area contributed by atoms with Gasteiger partial charge in [0, 0.05) is 12.5 Å². The normalized spacial score (nSPS) is 17.6. The van der Waals surface area contributed by atoms with E-state index in [-0.39, 0.29) is 11.9 Å². The van der Waals surface area contributed by atoms with Crippen LogP contribution in [0.5, 0.6) is 0 Å². The van der Waals surface area contributed by atoms with Gasteiger partial charge in [0.25, 0.3) is 0 Å². The number of hydrogen-bond acceptors (Lipinski definition) is 2. The molecular weight excluding hydrogens is 276 g/mol. The first-order valence-electron chi connectivity index (χ1n) is 6.27. The Balaban J connectivity index is 2.04. The van der Waals surface area contributed by atoms with E-state index in [1.807, 2.05) is 0 Å². The van der Waals surface area contributed by atoms with Gasteiger partial charge in [0.15, 0.2) is 6.10 Å². The van der Waals surface area contributed by atoms with Gasteiger partial charge in [-0.15, -0.1) is 0 Å². The van der Waals surface area contributed by atoms with Crippen molar-refractivity contribution in [1.29, 1.82) is 0 Å². The molecule has 20 heavy (non-hydrogen) atoms. The highest BCUT2D eigenvalue weighted by Crippen LogP contribution is 2.39. The molecule has 0 saturated heterocycles. The van der Waals surface area contributed by atoms with Gasteiger partial charge < -0.3 is 9.67 Å². The number of nitrogens with zero attached hydrogens (tertiary/aromatic N) is 2. The molecule has 3 nitrogen and oxygen atoms in total. The van der Waals surface area contributed by atoms with E-state index in [1.165, 1.54) is 18.2 Å². The number of aromatic nitrogens is 2. The third kappa shape index (κ3) is 2.37. The summed E-state index contributed by atoms with van der Waals surface area (Å²) in [7, 11) is 0. The van der Waals surface area contributed by atoms with Crippen LogP contribution in [0.4, 0.5) is 17.6 Å². The van der Waals surface area contributed by atoms with E-state index < -0.39 is 24.5 Å². The summed E-state index contributed by atoms with van der Waals surface area (Å²) in [6.07, 6.45) is -6.09. The molecule has 0 aliphatic heterocycles. The molecule has 1 aliphatic rings. The summed E-state index contributed by atoms with van der Waals surface area (Å²) in [5.74, 6) is -0.305. The van der Waals surface area contributed by atoms with E-state index >= 15 is 0 Å². The molecule has 108 valence electrons. The number of alkyl halides is 3. The highest BCUT2D eigenvalue weighted by atomic mass is 19.4. The number of aliphatic hydroxyl groups excluding tert-OH is 1. The number of hydrogen-bond donors (Lipinski definition) is 1. The highest BCUT2D eigenvalue weighted by Gasteiger charge is 2.40. The van der Waals surface area contributed by atoms with Gasteiger partial charge in [-0.25, -0.2) is 9.37 Å². The molecule has 1 fully saturated rings. The third-order valence-electron chi connectivity index (χ3n) is 3.39. The van der Waals surface area contributed by atoms with Crippen molar-refractivity contribution in [3.63, 3.8) is 0 Å². The van der Waals surface area contributed by atoms with E-state index in [0.29, 0.717) is 11.0 Å². The molecule has 1 aromatic heterocycles. The smallest absolute Gasteiger partial charge is 0.383 e. The van der Waals surface area contributed by atoms with Crippen molar-refractivity contribution in [1.82, 2.24) is 9.55 Å². The molecule has 1 saturated carbocycles. The molecule has 1 heterocycles. The van der Waals surface area contributed by atoms with Crippen LogP contribution in [-0.2, 0) is 6.42 Å². The SMILES string of the molecule is OC(Cc1nc2ccc(F)cc2n1C1CC1)C(F)(F)F.